The van der Waals surface area contributed by atoms with Crippen molar-refractivity contribution in [3.8, 4) is 0 Å². The van der Waals surface area contributed by atoms with Gasteiger partial charge in [-0.3, -0.25) is 14.0 Å². The summed E-state index contributed by atoms with van der Waals surface area (Å²) < 4.78 is 38.5. The van der Waals surface area contributed by atoms with Gasteiger partial charge in [0.05, 0.1) is 30.4 Å². The van der Waals surface area contributed by atoms with Crippen LogP contribution < -0.4 is 9.62 Å². The van der Waals surface area contributed by atoms with Crippen molar-refractivity contribution >= 4 is 21.6 Å². The first-order valence-electron chi connectivity index (χ1n) is 11.3. The van der Waals surface area contributed by atoms with E-state index in [0.717, 1.165) is 26.1 Å². The maximum Gasteiger partial charge on any atom is 0.264 e. The van der Waals surface area contributed by atoms with Gasteiger partial charge < -0.3 is 14.8 Å². The fourth-order valence-corrected chi connectivity index (χ4v) is 5.63. The first-order chi connectivity index (χ1) is 16.0. The van der Waals surface area contributed by atoms with Gasteiger partial charge in [-0.05, 0) is 36.8 Å². The molecule has 178 valence electrons. The minimum Gasteiger partial charge on any atom is -0.381 e. The van der Waals surface area contributed by atoms with E-state index in [9.17, 15) is 13.2 Å². The van der Waals surface area contributed by atoms with Crippen LogP contribution in [-0.4, -0.2) is 78.4 Å². The van der Waals surface area contributed by atoms with Crippen molar-refractivity contribution in [1.29, 1.82) is 0 Å². The highest BCUT2D eigenvalue weighted by Crippen LogP contribution is 2.24. The smallest absolute Gasteiger partial charge is 0.264 e. The fourth-order valence-electron chi connectivity index (χ4n) is 4.39. The molecule has 0 aromatic heterocycles. The standard InChI is InChI=1S/C24H31N3O5S/c1-26(21-7-3-2-4-8-21)33(29,30)22-9-5-6-19(16-22)24(28)25-17-23(20-10-13-32-18-20)27-11-14-31-15-12-27/h2-9,16,20,23H,10-15,17-18H2,1H3,(H,25,28). The van der Waals surface area contributed by atoms with E-state index in [1.807, 2.05) is 6.07 Å². The zero-order valence-corrected chi connectivity index (χ0v) is 19.7. The monoisotopic (exact) mass is 473 g/mol. The zero-order chi connectivity index (χ0) is 23.3. The lowest BCUT2D eigenvalue weighted by Gasteiger charge is -2.37. The van der Waals surface area contributed by atoms with Gasteiger partial charge in [0.15, 0.2) is 0 Å². The normalized spacial score (nSPS) is 20.3. The van der Waals surface area contributed by atoms with E-state index in [-0.39, 0.29) is 16.8 Å². The van der Waals surface area contributed by atoms with Crippen LogP contribution in [-0.2, 0) is 19.5 Å². The van der Waals surface area contributed by atoms with E-state index in [2.05, 4.69) is 10.2 Å². The van der Waals surface area contributed by atoms with E-state index in [4.69, 9.17) is 9.47 Å². The van der Waals surface area contributed by atoms with Crippen LogP contribution in [0.5, 0.6) is 0 Å². The van der Waals surface area contributed by atoms with Gasteiger partial charge >= 0.3 is 0 Å². The van der Waals surface area contributed by atoms with Crippen molar-refractivity contribution in [3.63, 3.8) is 0 Å². The molecule has 1 amide bonds. The summed E-state index contributed by atoms with van der Waals surface area (Å²) in [7, 11) is -2.29. The second-order valence-corrected chi connectivity index (χ2v) is 10.4. The number of benzene rings is 2. The molecular weight excluding hydrogens is 442 g/mol. The quantitative estimate of drug-likeness (QED) is 0.631. The van der Waals surface area contributed by atoms with Crippen molar-refractivity contribution in [3.05, 3.63) is 60.2 Å². The maximum atomic E-state index is 13.1. The van der Waals surface area contributed by atoms with Gasteiger partial charge in [0.25, 0.3) is 15.9 Å². The summed E-state index contributed by atoms with van der Waals surface area (Å²) in [6, 6.07) is 15.2. The van der Waals surface area contributed by atoms with Gasteiger partial charge in [0, 0.05) is 50.8 Å². The lowest BCUT2D eigenvalue weighted by molar-refractivity contribution is 0.00166. The first kappa shape index (κ1) is 23.7. The molecule has 2 aromatic rings. The van der Waals surface area contributed by atoms with Crippen molar-refractivity contribution in [1.82, 2.24) is 10.2 Å². The van der Waals surface area contributed by atoms with Crippen LogP contribution >= 0.6 is 0 Å². The number of rotatable bonds is 8. The Balaban J connectivity index is 1.46. The summed E-state index contributed by atoms with van der Waals surface area (Å²) >= 11 is 0. The largest absolute Gasteiger partial charge is 0.381 e. The average molecular weight is 474 g/mol. The van der Waals surface area contributed by atoms with Crippen molar-refractivity contribution < 1.29 is 22.7 Å². The molecular formula is C24H31N3O5S. The molecule has 4 rings (SSSR count). The number of sulfonamides is 1. The number of hydrogen-bond acceptors (Lipinski definition) is 6. The molecule has 2 heterocycles. The highest BCUT2D eigenvalue weighted by molar-refractivity contribution is 7.92. The number of nitrogens with zero attached hydrogens (tertiary/aromatic N) is 2. The third-order valence-electron chi connectivity index (χ3n) is 6.37. The van der Waals surface area contributed by atoms with Crippen LogP contribution in [0, 0.1) is 5.92 Å². The van der Waals surface area contributed by atoms with Gasteiger partial charge in [-0.15, -0.1) is 0 Å². The summed E-state index contributed by atoms with van der Waals surface area (Å²) in [5.41, 5.74) is 0.875. The van der Waals surface area contributed by atoms with Gasteiger partial charge in [0.2, 0.25) is 0 Å². The van der Waals surface area contributed by atoms with Gasteiger partial charge in [-0.1, -0.05) is 24.3 Å². The topological polar surface area (TPSA) is 88.2 Å². The van der Waals surface area contributed by atoms with Crippen molar-refractivity contribution in [2.75, 3.05) is 57.4 Å². The molecule has 2 aromatic carbocycles. The number of morpholine rings is 1. The maximum absolute atomic E-state index is 13.1. The number of amides is 1. The summed E-state index contributed by atoms with van der Waals surface area (Å²) in [6.07, 6.45) is 0.970. The minimum absolute atomic E-state index is 0.0791. The summed E-state index contributed by atoms with van der Waals surface area (Å²) in [5, 5.41) is 3.03. The Hall–Kier alpha value is -2.46. The molecule has 8 nitrogen and oxygen atoms in total. The molecule has 0 bridgehead atoms. The first-order valence-corrected chi connectivity index (χ1v) is 12.7. The van der Waals surface area contributed by atoms with Crippen LogP contribution in [0.4, 0.5) is 5.69 Å². The molecule has 0 spiro atoms. The second kappa shape index (κ2) is 10.6. The molecule has 0 saturated carbocycles. The van der Waals surface area contributed by atoms with Crippen LogP contribution in [0.1, 0.15) is 16.8 Å². The van der Waals surface area contributed by atoms with E-state index in [1.165, 1.54) is 23.5 Å². The number of carbonyl (C=O) groups excluding carboxylic acids is 1. The Labute approximate surface area is 195 Å². The van der Waals surface area contributed by atoms with Gasteiger partial charge in [-0.2, -0.15) is 0 Å². The molecule has 2 fully saturated rings. The third kappa shape index (κ3) is 5.55. The fraction of sp³-hybridized carbons (Fsp3) is 0.458. The molecule has 9 heteroatoms. The Morgan fingerprint density at radius 3 is 2.55 bits per heavy atom. The van der Waals surface area contributed by atoms with Crippen LogP contribution in [0.15, 0.2) is 59.5 Å². The predicted octanol–water partition coefficient (Wildman–Crippen LogP) is 1.98. The molecule has 2 aliphatic rings. The second-order valence-electron chi connectivity index (χ2n) is 8.39. The molecule has 1 N–H and O–H groups in total. The molecule has 2 saturated heterocycles. The van der Waals surface area contributed by atoms with Crippen LogP contribution in [0.2, 0.25) is 0 Å². The summed E-state index contributed by atoms with van der Waals surface area (Å²) in [4.78, 5) is 15.4. The number of nitrogens with one attached hydrogen (secondary N) is 1. The lowest BCUT2D eigenvalue weighted by atomic mass is 9.96. The van der Waals surface area contributed by atoms with Crippen molar-refractivity contribution in [2.24, 2.45) is 5.92 Å². The summed E-state index contributed by atoms with van der Waals surface area (Å²) in [5.74, 6) is 0.0706. The minimum atomic E-state index is -3.79. The van der Waals surface area contributed by atoms with Gasteiger partial charge in [-0.25, -0.2) is 8.42 Å². The molecule has 2 atom stereocenters. The lowest BCUT2D eigenvalue weighted by Crippen LogP contribution is -2.52. The Kier molecular flexibility index (Phi) is 7.64. The van der Waals surface area contributed by atoms with E-state index < -0.39 is 10.0 Å². The van der Waals surface area contributed by atoms with Crippen molar-refractivity contribution in [2.45, 2.75) is 17.4 Å². The Morgan fingerprint density at radius 2 is 1.85 bits per heavy atom. The zero-order valence-electron chi connectivity index (χ0n) is 18.9. The van der Waals surface area contributed by atoms with Crippen LogP contribution in [0.25, 0.3) is 0 Å². The number of carbonyl (C=O) groups is 1. The van der Waals surface area contributed by atoms with Gasteiger partial charge in [0.1, 0.15) is 0 Å². The molecule has 0 radical (unpaired) electrons. The number of ether oxygens (including phenoxy) is 2. The van der Waals surface area contributed by atoms with Crippen LogP contribution in [0.3, 0.4) is 0 Å². The number of hydrogen-bond donors (Lipinski definition) is 1. The molecule has 2 unspecified atom stereocenters. The molecule has 2 aliphatic heterocycles. The Bertz CT molecular complexity index is 1040. The van der Waals surface area contributed by atoms with E-state index in [1.54, 1.807) is 36.4 Å². The molecule has 33 heavy (non-hydrogen) atoms. The predicted molar refractivity (Wildman–Crippen MR) is 126 cm³/mol. The summed E-state index contributed by atoms with van der Waals surface area (Å²) in [6.45, 7) is 4.95. The average Bonchev–Trinajstić information content (AvgIpc) is 3.39. The highest BCUT2D eigenvalue weighted by atomic mass is 32.2. The van der Waals surface area contributed by atoms with E-state index in [0.29, 0.717) is 43.5 Å². The highest BCUT2D eigenvalue weighted by Gasteiger charge is 2.32. The third-order valence-corrected chi connectivity index (χ3v) is 8.15. The number of anilines is 1. The number of para-hydroxylation sites is 1. The molecule has 0 aliphatic carbocycles. The van der Waals surface area contributed by atoms with E-state index >= 15 is 0 Å². The SMILES string of the molecule is CN(c1ccccc1)S(=O)(=O)c1cccc(C(=O)NCC(C2CCOC2)N2CCOCC2)c1. The Morgan fingerprint density at radius 1 is 1.09 bits per heavy atom.